The number of aromatic nitrogens is 3. The van der Waals surface area contributed by atoms with Crippen molar-refractivity contribution in [2.45, 2.75) is 34.2 Å². The van der Waals surface area contributed by atoms with Crippen molar-refractivity contribution in [3.8, 4) is 11.5 Å². The third-order valence-electron chi connectivity index (χ3n) is 2.94. The zero-order valence-electron chi connectivity index (χ0n) is 11.9. The molecule has 0 radical (unpaired) electrons. The van der Waals surface area contributed by atoms with Gasteiger partial charge in [-0.25, -0.2) is 15.0 Å². The van der Waals surface area contributed by atoms with Crippen LogP contribution in [0.5, 0.6) is 0 Å². The largest absolute Gasteiger partial charge is 0.312 e. The third kappa shape index (κ3) is 3.58. The molecule has 19 heavy (non-hydrogen) atoms. The Morgan fingerprint density at radius 1 is 1.21 bits per heavy atom. The van der Waals surface area contributed by atoms with Crippen LogP contribution in [0.3, 0.4) is 0 Å². The van der Waals surface area contributed by atoms with E-state index in [1.807, 2.05) is 24.7 Å². The topological polar surface area (TPSA) is 50.7 Å². The maximum Gasteiger partial charge on any atom is 0.179 e. The first-order valence-electron chi connectivity index (χ1n) is 6.51. The van der Waals surface area contributed by atoms with E-state index < -0.39 is 0 Å². The van der Waals surface area contributed by atoms with Crippen LogP contribution < -0.4 is 5.32 Å². The van der Waals surface area contributed by atoms with Crippen LogP contribution in [0.2, 0.25) is 0 Å². The van der Waals surface area contributed by atoms with Gasteiger partial charge in [-0.1, -0.05) is 13.8 Å². The fraction of sp³-hybridized carbons (Fsp3) is 0.500. The summed E-state index contributed by atoms with van der Waals surface area (Å²) in [5.41, 5.74) is 5.93. The minimum atomic E-state index is 0.649. The molecule has 102 valence electrons. The zero-order valence-corrected chi connectivity index (χ0v) is 12.7. The molecule has 2 rings (SSSR count). The molecule has 2 heterocycles. The first-order valence-corrected chi connectivity index (χ1v) is 7.45. The van der Waals surface area contributed by atoms with E-state index in [4.69, 9.17) is 0 Å². The Bertz CT molecular complexity index is 511. The van der Waals surface area contributed by atoms with E-state index in [-0.39, 0.29) is 0 Å². The highest BCUT2D eigenvalue weighted by atomic mass is 32.1. The highest BCUT2D eigenvalue weighted by Gasteiger charge is 2.11. The number of hydrogen-bond acceptors (Lipinski definition) is 5. The van der Waals surface area contributed by atoms with Gasteiger partial charge in [-0.3, -0.25) is 0 Å². The molecule has 0 aliphatic rings. The number of hydrogen-bond donors (Lipinski definition) is 1. The van der Waals surface area contributed by atoms with Crippen molar-refractivity contribution in [2.75, 3.05) is 6.54 Å². The summed E-state index contributed by atoms with van der Waals surface area (Å²) in [6.07, 6.45) is 0. The van der Waals surface area contributed by atoms with E-state index in [1.54, 1.807) is 11.3 Å². The molecule has 0 amide bonds. The number of nitrogens with zero attached hydrogens (tertiary/aromatic N) is 3. The second-order valence-electron chi connectivity index (χ2n) is 5.10. The predicted octanol–water partition coefficient (Wildman–Crippen LogP) is 2.96. The van der Waals surface area contributed by atoms with Gasteiger partial charge in [0, 0.05) is 28.9 Å². The molecule has 0 saturated carbocycles. The number of thiazole rings is 1. The molecule has 0 aromatic carbocycles. The van der Waals surface area contributed by atoms with E-state index in [0.29, 0.717) is 5.92 Å². The van der Waals surface area contributed by atoms with Crippen LogP contribution in [0.1, 0.15) is 30.8 Å². The van der Waals surface area contributed by atoms with Crippen molar-refractivity contribution in [2.24, 2.45) is 5.92 Å². The van der Waals surface area contributed by atoms with Gasteiger partial charge in [-0.05, 0) is 26.3 Å². The Morgan fingerprint density at radius 3 is 2.42 bits per heavy atom. The van der Waals surface area contributed by atoms with Crippen molar-refractivity contribution in [1.29, 1.82) is 0 Å². The van der Waals surface area contributed by atoms with Gasteiger partial charge < -0.3 is 5.32 Å². The fourth-order valence-corrected chi connectivity index (χ4v) is 2.45. The van der Waals surface area contributed by atoms with Gasteiger partial charge in [0.2, 0.25) is 0 Å². The summed E-state index contributed by atoms with van der Waals surface area (Å²) in [5.74, 6) is 1.37. The monoisotopic (exact) mass is 276 g/mol. The average Bonchev–Trinajstić information content (AvgIpc) is 2.85. The normalized spacial score (nSPS) is 11.2. The SMILES string of the molecule is Cc1nc(-c2cscn2)nc(C)c1CNCC(C)C. The average molecular weight is 276 g/mol. The lowest BCUT2D eigenvalue weighted by molar-refractivity contribution is 0.549. The summed E-state index contributed by atoms with van der Waals surface area (Å²) >= 11 is 1.56. The zero-order chi connectivity index (χ0) is 13.8. The quantitative estimate of drug-likeness (QED) is 0.912. The second-order valence-corrected chi connectivity index (χ2v) is 5.81. The molecule has 5 heteroatoms. The highest BCUT2D eigenvalue weighted by Crippen LogP contribution is 2.18. The van der Waals surface area contributed by atoms with Crippen LogP contribution in [-0.4, -0.2) is 21.5 Å². The van der Waals surface area contributed by atoms with Crippen LogP contribution in [0.4, 0.5) is 0 Å². The van der Waals surface area contributed by atoms with Gasteiger partial charge in [0.25, 0.3) is 0 Å². The minimum absolute atomic E-state index is 0.649. The maximum absolute atomic E-state index is 4.57. The molecule has 0 spiro atoms. The molecule has 0 saturated heterocycles. The van der Waals surface area contributed by atoms with E-state index in [0.717, 1.165) is 36.0 Å². The molecule has 2 aromatic rings. The Morgan fingerprint density at radius 2 is 1.89 bits per heavy atom. The lowest BCUT2D eigenvalue weighted by Crippen LogP contribution is -2.21. The summed E-state index contributed by atoms with van der Waals surface area (Å²) in [7, 11) is 0. The van der Waals surface area contributed by atoms with Gasteiger partial charge >= 0.3 is 0 Å². The summed E-state index contributed by atoms with van der Waals surface area (Å²) in [6.45, 7) is 10.3. The van der Waals surface area contributed by atoms with Crippen LogP contribution in [0, 0.1) is 19.8 Å². The standard InChI is InChI=1S/C14H20N4S/c1-9(2)5-15-6-12-10(3)17-14(18-11(12)4)13-7-19-8-16-13/h7-9,15H,5-6H2,1-4H3. The molecular weight excluding hydrogens is 256 g/mol. The van der Waals surface area contributed by atoms with Gasteiger partial charge in [0.05, 0.1) is 5.51 Å². The minimum Gasteiger partial charge on any atom is -0.312 e. The van der Waals surface area contributed by atoms with Crippen LogP contribution in [-0.2, 0) is 6.54 Å². The molecule has 0 aliphatic carbocycles. The molecular formula is C14H20N4S. The molecule has 0 fully saturated rings. The van der Waals surface area contributed by atoms with E-state index in [2.05, 4.69) is 34.1 Å². The number of rotatable bonds is 5. The van der Waals surface area contributed by atoms with Crippen molar-refractivity contribution in [1.82, 2.24) is 20.3 Å². The van der Waals surface area contributed by atoms with Crippen molar-refractivity contribution in [3.05, 3.63) is 27.8 Å². The molecule has 4 nitrogen and oxygen atoms in total. The molecule has 0 bridgehead atoms. The van der Waals surface area contributed by atoms with Crippen molar-refractivity contribution >= 4 is 11.3 Å². The Labute approximate surface area is 118 Å². The lowest BCUT2D eigenvalue weighted by Gasteiger charge is -2.12. The van der Waals surface area contributed by atoms with Crippen LogP contribution >= 0.6 is 11.3 Å². The Balaban J connectivity index is 2.18. The molecule has 0 unspecified atom stereocenters. The Hall–Kier alpha value is -1.33. The van der Waals surface area contributed by atoms with Crippen molar-refractivity contribution < 1.29 is 0 Å². The first-order chi connectivity index (χ1) is 9.08. The fourth-order valence-electron chi connectivity index (χ4n) is 1.92. The van der Waals surface area contributed by atoms with E-state index >= 15 is 0 Å². The molecule has 1 N–H and O–H groups in total. The smallest absolute Gasteiger partial charge is 0.179 e. The predicted molar refractivity (Wildman–Crippen MR) is 79.2 cm³/mol. The summed E-state index contributed by atoms with van der Waals surface area (Å²) in [6, 6.07) is 0. The summed E-state index contributed by atoms with van der Waals surface area (Å²) < 4.78 is 0. The Kier molecular flexibility index (Phi) is 4.61. The van der Waals surface area contributed by atoms with Gasteiger partial charge in [0.15, 0.2) is 5.82 Å². The first kappa shape index (κ1) is 14.1. The summed E-state index contributed by atoms with van der Waals surface area (Å²) in [4.78, 5) is 13.4. The third-order valence-corrected chi connectivity index (χ3v) is 3.52. The van der Waals surface area contributed by atoms with Gasteiger partial charge in [-0.15, -0.1) is 11.3 Å². The molecule has 2 aromatic heterocycles. The van der Waals surface area contributed by atoms with Crippen LogP contribution in [0.25, 0.3) is 11.5 Å². The van der Waals surface area contributed by atoms with Crippen LogP contribution in [0.15, 0.2) is 10.9 Å². The van der Waals surface area contributed by atoms with Gasteiger partial charge in [0.1, 0.15) is 5.69 Å². The maximum atomic E-state index is 4.57. The second kappa shape index (κ2) is 6.21. The highest BCUT2D eigenvalue weighted by molar-refractivity contribution is 7.07. The van der Waals surface area contributed by atoms with Crippen molar-refractivity contribution in [3.63, 3.8) is 0 Å². The van der Waals surface area contributed by atoms with Gasteiger partial charge in [-0.2, -0.15) is 0 Å². The van der Waals surface area contributed by atoms with E-state index in [9.17, 15) is 0 Å². The molecule has 0 aliphatic heterocycles. The number of aryl methyl sites for hydroxylation is 2. The molecule has 0 atom stereocenters. The number of nitrogens with one attached hydrogen (secondary N) is 1. The lowest BCUT2D eigenvalue weighted by atomic mass is 10.1. The van der Waals surface area contributed by atoms with E-state index in [1.165, 1.54) is 5.56 Å². The summed E-state index contributed by atoms with van der Waals surface area (Å²) in [5, 5.41) is 5.42.